The second-order valence-corrected chi connectivity index (χ2v) is 5.70. The van der Waals surface area contributed by atoms with Crippen molar-refractivity contribution < 1.29 is 14.3 Å². The summed E-state index contributed by atoms with van der Waals surface area (Å²) in [6, 6.07) is 6.26. The van der Waals surface area contributed by atoms with E-state index in [0.29, 0.717) is 25.2 Å². The van der Waals surface area contributed by atoms with Gasteiger partial charge >= 0.3 is 0 Å². The summed E-state index contributed by atoms with van der Waals surface area (Å²) in [7, 11) is 0. The van der Waals surface area contributed by atoms with Gasteiger partial charge in [-0.3, -0.25) is 4.79 Å². The summed E-state index contributed by atoms with van der Waals surface area (Å²) in [6.45, 7) is 4.50. The Morgan fingerprint density at radius 2 is 2.14 bits per heavy atom. The number of carbonyl (C=O) groups excluding carboxylic acids is 1. The van der Waals surface area contributed by atoms with Crippen molar-refractivity contribution in [1.82, 2.24) is 14.7 Å². The molecule has 2 heterocycles. The monoisotopic (exact) mass is 303 g/mol. The van der Waals surface area contributed by atoms with E-state index in [4.69, 9.17) is 0 Å². The Bertz CT molecular complexity index is 726. The molecule has 0 saturated carbocycles. The van der Waals surface area contributed by atoms with Gasteiger partial charge in [-0.2, -0.15) is 5.10 Å². The summed E-state index contributed by atoms with van der Waals surface area (Å²) < 4.78 is 15.9. The van der Waals surface area contributed by atoms with Crippen LogP contribution in [0, 0.1) is 19.7 Å². The molecule has 3 rings (SSSR count). The molecule has 0 unspecified atom stereocenters. The first-order chi connectivity index (χ1) is 10.5. The highest BCUT2D eigenvalue weighted by Gasteiger charge is 2.26. The van der Waals surface area contributed by atoms with Crippen LogP contribution in [0.3, 0.4) is 0 Å². The highest BCUT2D eigenvalue weighted by Crippen LogP contribution is 2.20. The highest BCUT2D eigenvalue weighted by molar-refractivity contribution is 5.94. The van der Waals surface area contributed by atoms with E-state index in [2.05, 4.69) is 5.10 Å². The smallest absolute Gasteiger partial charge is 0.254 e. The van der Waals surface area contributed by atoms with Gasteiger partial charge in [0.05, 0.1) is 11.8 Å². The van der Waals surface area contributed by atoms with Gasteiger partial charge in [0.2, 0.25) is 0 Å². The molecule has 2 aromatic rings. The maximum absolute atomic E-state index is 14.4. The Morgan fingerprint density at radius 3 is 2.68 bits per heavy atom. The van der Waals surface area contributed by atoms with Gasteiger partial charge in [0.15, 0.2) is 0 Å². The first-order valence-electron chi connectivity index (χ1n) is 7.26. The SMILES string of the molecule is Cc1cc(C)n(-c2ccc(C(=O)N3CC[C@@H](O)C3)cc2F)n1. The van der Waals surface area contributed by atoms with Crippen LogP contribution in [0.2, 0.25) is 0 Å². The van der Waals surface area contributed by atoms with Gasteiger partial charge < -0.3 is 10.0 Å². The number of hydrogen-bond donors (Lipinski definition) is 1. The second-order valence-electron chi connectivity index (χ2n) is 5.70. The third-order valence-corrected chi connectivity index (χ3v) is 3.88. The Labute approximate surface area is 128 Å². The van der Waals surface area contributed by atoms with Crippen molar-refractivity contribution in [3.63, 3.8) is 0 Å². The molecule has 1 N–H and O–H groups in total. The lowest BCUT2D eigenvalue weighted by atomic mass is 10.1. The number of β-amino-alcohol motifs (C(OH)–C–C–N with tert-alkyl or cyclic N) is 1. The van der Waals surface area contributed by atoms with Gasteiger partial charge in [-0.05, 0) is 44.5 Å². The second kappa shape index (κ2) is 5.53. The fraction of sp³-hybridized carbons (Fsp3) is 0.375. The van der Waals surface area contributed by atoms with Crippen LogP contribution in [-0.4, -0.2) is 44.9 Å². The number of nitrogens with zero attached hydrogens (tertiary/aromatic N) is 3. The minimum absolute atomic E-state index is 0.254. The Kier molecular flexibility index (Phi) is 3.70. The number of likely N-dealkylation sites (tertiary alicyclic amines) is 1. The lowest BCUT2D eigenvalue weighted by molar-refractivity contribution is 0.0764. The zero-order valence-corrected chi connectivity index (χ0v) is 12.6. The number of amides is 1. The van der Waals surface area contributed by atoms with E-state index >= 15 is 0 Å². The first kappa shape index (κ1) is 14.7. The molecule has 6 heteroatoms. The zero-order chi connectivity index (χ0) is 15.9. The molecular formula is C16H18FN3O2. The van der Waals surface area contributed by atoms with Crippen LogP contribution >= 0.6 is 0 Å². The molecule has 22 heavy (non-hydrogen) atoms. The first-order valence-corrected chi connectivity index (χ1v) is 7.26. The fourth-order valence-electron chi connectivity index (χ4n) is 2.79. The van der Waals surface area contributed by atoms with Crippen LogP contribution < -0.4 is 0 Å². The van der Waals surface area contributed by atoms with Crippen LogP contribution in [0.25, 0.3) is 5.69 Å². The average Bonchev–Trinajstić information content (AvgIpc) is 3.04. The molecule has 116 valence electrons. The summed E-state index contributed by atoms with van der Waals surface area (Å²) in [4.78, 5) is 13.8. The number of aromatic nitrogens is 2. The summed E-state index contributed by atoms with van der Waals surface area (Å²) >= 11 is 0. The van der Waals surface area contributed by atoms with Crippen molar-refractivity contribution in [1.29, 1.82) is 0 Å². The van der Waals surface area contributed by atoms with Gasteiger partial charge in [-0.25, -0.2) is 9.07 Å². The third-order valence-electron chi connectivity index (χ3n) is 3.88. The van der Waals surface area contributed by atoms with E-state index < -0.39 is 11.9 Å². The van der Waals surface area contributed by atoms with Crippen molar-refractivity contribution in [2.45, 2.75) is 26.4 Å². The molecule has 0 bridgehead atoms. The molecule has 1 aliphatic heterocycles. The van der Waals surface area contributed by atoms with E-state index in [1.54, 1.807) is 17.0 Å². The summed E-state index contributed by atoms with van der Waals surface area (Å²) in [5.41, 5.74) is 2.25. The van der Waals surface area contributed by atoms with Gasteiger partial charge in [-0.1, -0.05) is 0 Å². The van der Waals surface area contributed by atoms with Gasteiger partial charge in [0.25, 0.3) is 5.91 Å². The fourth-order valence-corrected chi connectivity index (χ4v) is 2.79. The van der Waals surface area contributed by atoms with Gasteiger partial charge in [0.1, 0.15) is 11.5 Å². The van der Waals surface area contributed by atoms with Crippen molar-refractivity contribution in [3.05, 3.63) is 47.0 Å². The number of carbonyl (C=O) groups is 1. The van der Waals surface area contributed by atoms with E-state index in [1.807, 2.05) is 19.9 Å². The molecular weight excluding hydrogens is 285 g/mol. The standard InChI is InChI=1S/C16H18FN3O2/c1-10-7-11(2)20(18-10)15-4-3-12(8-14(15)17)16(22)19-6-5-13(21)9-19/h3-4,7-8,13,21H,5-6,9H2,1-2H3/t13-/m1/s1. The number of halogens is 1. The van der Waals surface area contributed by atoms with Crippen molar-refractivity contribution in [2.24, 2.45) is 0 Å². The molecule has 1 aromatic heterocycles. The van der Waals surface area contributed by atoms with Crippen molar-refractivity contribution in [2.75, 3.05) is 13.1 Å². The maximum Gasteiger partial charge on any atom is 0.254 e. The quantitative estimate of drug-likeness (QED) is 0.921. The maximum atomic E-state index is 14.4. The van der Waals surface area contributed by atoms with E-state index in [-0.39, 0.29) is 11.5 Å². The lowest BCUT2D eigenvalue weighted by Crippen LogP contribution is -2.29. The zero-order valence-electron chi connectivity index (χ0n) is 12.6. The molecule has 1 aliphatic rings. The number of aliphatic hydroxyl groups is 1. The number of aryl methyl sites for hydroxylation is 2. The molecule has 0 aliphatic carbocycles. The van der Waals surface area contributed by atoms with Crippen LogP contribution in [0.4, 0.5) is 4.39 Å². The number of rotatable bonds is 2. The van der Waals surface area contributed by atoms with Gasteiger partial charge in [0, 0.05) is 24.3 Å². The summed E-state index contributed by atoms with van der Waals surface area (Å²) in [5, 5.41) is 13.7. The molecule has 1 aromatic carbocycles. The summed E-state index contributed by atoms with van der Waals surface area (Å²) in [6.07, 6.45) is 0.0840. The molecule has 0 spiro atoms. The predicted molar refractivity (Wildman–Crippen MR) is 79.5 cm³/mol. The van der Waals surface area contributed by atoms with E-state index in [9.17, 15) is 14.3 Å². The number of aliphatic hydroxyl groups excluding tert-OH is 1. The van der Waals surface area contributed by atoms with E-state index in [0.717, 1.165) is 11.4 Å². The highest BCUT2D eigenvalue weighted by atomic mass is 19.1. The Morgan fingerprint density at radius 1 is 1.36 bits per heavy atom. The molecule has 1 fully saturated rings. The van der Waals surface area contributed by atoms with Gasteiger partial charge in [-0.15, -0.1) is 0 Å². The van der Waals surface area contributed by atoms with Crippen molar-refractivity contribution >= 4 is 5.91 Å². The predicted octanol–water partition coefficient (Wildman–Crippen LogP) is 1.84. The molecule has 0 radical (unpaired) electrons. The molecule has 1 saturated heterocycles. The minimum Gasteiger partial charge on any atom is -0.391 e. The normalized spacial score (nSPS) is 18.0. The lowest BCUT2D eigenvalue weighted by Gasteiger charge is -2.16. The Balaban J connectivity index is 1.89. The van der Waals surface area contributed by atoms with Crippen LogP contribution in [0.5, 0.6) is 0 Å². The van der Waals surface area contributed by atoms with E-state index in [1.165, 1.54) is 10.7 Å². The molecule has 1 amide bonds. The number of benzene rings is 1. The molecule has 5 nitrogen and oxygen atoms in total. The molecule has 1 atom stereocenters. The topological polar surface area (TPSA) is 58.4 Å². The van der Waals surface area contributed by atoms with Crippen LogP contribution in [-0.2, 0) is 0 Å². The largest absolute Gasteiger partial charge is 0.391 e. The summed E-state index contributed by atoms with van der Waals surface area (Å²) in [5.74, 6) is -0.743. The average molecular weight is 303 g/mol. The third kappa shape index (κ3) is 2.62. The number of hydrogen-bond acceptors (Lipinski definition) is 3. The van der Waals surface area contributed by atoms with Crippen molar-refractivity contribution in [3.8, 4) is 5.69 Å². The van der Waals surface area contributed by atoms with Crippen LogP contribution in [0.15, 0.2) is 24.3 Å². The van der Waals surface area contributed by atoms with Crippen LogP contribution in [0.1, 0.15) is 28.2 Å². The Hall–Kier alpha value is -2.21. The minimum atomic E-state index is -0.489.